The Labute approximate surface area is 161 Å². The molecule has 1 atom stereocenters. The predicted molar refractivity (Wildman–Crippen MR) is 101 cm³/mol. The van der Waals surface area contributed by atoms with E-state index in [9.17, 15) is 8.78 Å². The normalized spacial score (nSPS) is 20.4. The van der Waals surface area contributed by atoms with E-state index in [-0.39, 0.29) is 30.6 Å². The van der Waals surface area contributed by atoms with Crippen molar-refractivity contribution < 1.29 is 13.5 Å². The van der Waals surface area contributed by atoms with Crippen LogP contribution in [0, 0.1) is 5.92 Å². The lowest BCUT2D eigenvalue weighted by Crippen LogP contribution is -2.47. The fourth-order valence-corrected chi connectivity index (χ4v) is 4.07. The van der Waals surface area contributed by atoms with Gasteiger partial charge in [0, 0.05) is 32.2 Å². The Morgan fingerprint density at radius 2 is 1.72 bits per heavy atom. The number of benzene rings is 1. The third-order valence-corrected chi connectivity index (χ3v) is 5.07. The number of hydrogen-bond acceptors (Lipinski definition) is 3. The number of piperazine rings is 1. The van der Waals surface area contributed by atoms with Gasteiger partial charge in [0.1, 0.15) is 5.75 Å². The Morgan fingerprint density at radius 1 is 1.04 bits per heavy atom. The number of ether oxygens (including phenoxy) is 1. The lowest BCUT2D eigenvalue weighted by molar-refractivity contribution is -0.0499. The van der Waals surface area contributed by atoms with E-state index in [0.29, 0.717) is 12.0 Å². The van der Waals surface area contributed by atoms with Gasteiger partial charge < -0.3 is 10.1 Å². The van der Waals surface area contributed by atoms with Crippen LogP contribution in [0.3, 0.4) is 0 Å². The maximum atomic E-state index is 12.5. The van der Waals surface area contributed by atoms with Gasteiger partial charge in [-0.15, -0.1) is 24.8 Å². The quantitative estimate of drug-likeness (QED) is 0.782. The summed E-state index contributed by atoms with van der Waals surface area (Å²) in [4.78, 5) is 2.52. The lowest BCUT2D eigenvalue weighted by Gasteiger charge is -2.41. The summed E-state index contributed by atoms with van der Waals surface area (Å²) in [5, 5.41) is 3.40. The van der Waals surface area contributed by atoms with Crippen molar-refractivity contribution in [3.05, 3.63) is 29.8 Å². The van der Waals surface area contributed by atoms with Crippen LogP contribution in [0.1, 0.15) is 43.7 Å². The summed E-state index contributed by atoms with van der Waals surface area (Å²) in [6, 6.07) is 7.65. The first-order valence-corrected chi connectivity index (χ1v) is 8.73. The minimum Gasteiger partial charge on any atom is -0.435 e. The fraction of sp³-hybridized carbons (Fsp3) is 0.667. The molecule has 0 radical (unpaired) electrons. The van der Waals surface area contributed by atoms with Gasteiger partial charge in [0.15, 0.2) is 0 Å². The fourth-order valence-electron chi connectivity index (χ4n) is 4.07. The Hall–Kier alpha value is -0.620. The maximum Gasteiger partial charge on any atom is 0.387 e. The largest absolute Gasteiger partial charge is 0.435 e. The van der Waals surface area contributed by atoms with Gasteiger partial charge in [0.05, 0.1) is 0 Å². The molecular weight excluding hydrogens is 369 g/mol. The standard InChI is InChI=1S/C18H26F2N2O.2ClH/c19-18(20)23-16-8-4-7-15(13-16)17(14-5-2-1-3-6-14)22-11-9-21-10-12-22;;/h4,7-8,13-14,17-18,21H,1-3,5-6,9-12H2;2*1H/t17-;;/m0../s1. The van der Waals surface area contributed by atoms with E-state index in [1.165, 1.54) is 32.1 Å². The molecule has 1 heterocycles. The van der Waals surface area contributed by atoms with Crippen LogP contribution in [-0.2, 0) is 0 Å². The van der Waals surface area contributed by atoms with E-state index in [0.717, 1.165) is 31.7 Å². The van der Waals surface area contributed by atoms with Crippen molar-refractivity contribution >= 4 is 24.8 Å². The minimum absolute atomic E-state index is 0. The highest BCUT2D eigenvalue weighted by molar-refractivity contribution is 5.85. The van der Waals surface area contributed by atoms with E-state index < -0.39 is 6.61 Å². The third-order valence-electron chi connectivity index (χ3n) is 5.07. The average molecular weight is 397 g/mol. The molecule has 0 bridgehead atoms. The zero-order chi connectivity index (χ0) is 16.1. The van der Waals surface area contributed by atoms with Crippen LogP contribution >= 0.6 is 24.8 Å². The summed E-state index contributed by atoms with van der Waals surface area (Å²) < 4.78 is 29.7. The molecule has 3 rings (SSSR count). The minimum atomic E-state index is -2.77. The van der Waals surface area contributed by atoms with Gasteiger partial charge in [-0.25, -0.2) is 0 Å². The molecule has 7 heteroatoms. The summed E-state index contributed by atoms with van der Waals surface area (Å²) in [6.07, 6.45) is 6.34. The number of halogens is 4. The molecule has 0 amide bonds. The van der Waals surface area contributed by atoms with Crippen LogP contribution in [0.2, 0.25) is 0 Å². The van der Waals surface area contributed by atoms with Gasteiger partial charge in [0.25, 0.3) is 0 Å². The third kappa shape index (κ3) is 6.24. The van der Waals surface area contributed by atoms with Gasteiger partial charge >= 0.3 is 6.61 Å². The second-order valence-corrected chi connectivity index (χ2v) is 6.58. The summed E-state index contributed by atoms with van der Waals surface area (Å²) >= 11 is 0. The first kappa shape index (κ1) is 22.4. The van der Waals surface area contributed by atoms with Crippen molar-refractivity contribution in [2.45, 2.75) is 44.8 Å². The first-order valence-electron chi connectivity index (χ1n) is 8.73. The molecule has 1 aliphatic carbocycles. The monoisotopic (exact) mass is 396 g/mol. The van der Waals surface area contributed by atoms with Crippen molar-refractivity contribution in [1.29, 1.82) is 0 Å². The Balaban J connectivity index is 0.00000156. The molecule has 0 spiro atoms. The molecular formula is C18H28Cl2F2N2O. The Morgan fingerprint density at radius 3 is 2.36 bits per heavy atom. The number of nitrogens with zero attached hydrogens (tertiary/aromatic N) is 1. The van der Waals surface area contributed by atoms with E-state index in [2.05, 4.69) is 21.0 Å². The van der Waals surface area contributed by atoms with Crippen LogP contribution in [0.25, 0.3) is 0 Å². The van der Waals surface area contributed by atoms with E-state index in [1.54, 1.807) is 6.07 Å². The zero-order valence-corrected chi connectivity index (χ0v) is 16.0. The molecule has 0 aromatic heterocycles. The summed E-state index contributed by atoms with van der Waals surface area (Å²) in [5.74, 6) is 0.886. The van der Waals surface area contributed by atoms with E-state index in [4.69, 9.17) is 0 Å². The van der Waals surface area contributed by atoms with Crippen molar-refractivity contribution in [3.63, 3.8) is 0 Å². The molecule has 0 unspecified atom stereocenters. The zero-order valence-electron chi connectivity index (χ0n) is 14.3. The highest BCUT2D eigenvalue weighted by atomic mass is 35.5. The second kappa shape index (κ2) is 11.2. The van der Waals surface area contributed by atoms with Crippen molar-refractivity contribution in [1.82, 2.24) is 10.2 Å². The molecule has 2 fully saturated rings. The summed E-state index contributed by atoms with van der Waals surface area (Å²) in [7, 11) is 0. The molecule has 1 aromatic rings. The molecule has 3 nitrogen and oxygen atoms in total. The summed E-state index contributed by atoms with van der Waals surface area (Å²) in [5.41, 5.74) is 1.12. The molecule has 1 aromatic carbocycles. The lowest BCUT2D eigenvalue weighted by atomic mass is 9.80. The first-order chi connectivity index (χ1) is 11.2. The van der Waals surface area contributed by atoms with E-state index in [1.807, 2.05) is 12.1 Å². The molecule has 144 valence electrons. The number of hydrogen-bond donors (Lipinski definition) is 1. The van der Waals surface area contributed by atoms with Crippen molar-refractivity contribution in [2.75, 3.05) is 26.2 Å². The molecule has 1 saturated carbocycles. The van der Waals surface area contributed by atoms with Gasteiger partial charge in [-0.3, -0.25) is 4.90 Å². The molecule has 1 N–H and O–H groups in total. The van der Waals surface area contributed by atoms with Crippen LogP contribution in [-0.4, -0.2) is 37.7 Å². The molecule has 2 aliphatic rings. The molecule has 1 aliphatic heterocycles. The van der Waals surface area contributed by atoms with Gasteiger partial charge in [-0.2, -0.15) is 8.78 Å². The van der Waals surface area contributed by atoms with Crippen LogP contribution in [0.15, 0.2) is 24.3 Å². The second-order valence-electron chi connectivity index (χ2n) is 6.58. The highest BCUT2D eigenvalue weighted by Crippen LogP contribution is 2.39. The smallest absolute Gasteiger partial charge is 0.387 e. The topological polar surface area (TPSA) is 24.5 Å². The van der Waals surface area contributed by atoms with Gasteiger partial charge in [-0.1, -0.05) is 31.4 Å². The Bertz CT molecular complexity index is 478. The van der Waals surface area contributed by atoms with Crippen LogP contribution < -0.4 is 10.1 Å². The number of rotatable bonds is 5. The van der Waals surface area contributed by atoms with Crippen LogP contribution in [0.5, 0.6) is 5.75 Å². The van der Waals surface area contributed by atoms with Gasteiger partial charge in [0.2, 0.25) is 0 Å². The summed E-state index contributed by atoms with van der Waals surface area (Å²) in [6.45, 7) is 1.26. The number of alkyl halides is 2. The number of nitrogens with one attached hydrogen (secondary N) is 1. The van der Waals surface area contributed by atoms with Crippen molar-refractivity contribution in [2.24, 2.45) is 5.92 Å². The predicted octanol–water partition coefficient (Wildman–Crippen LogP) is 4.66. The SMILES string of the molecule is Cl.Cl.FC(F)Oc1cccc([C@H](C2CCCCC2)N2CCNCC2)c1. The maximum absolute atomic E-state index is 12.5. The van der Waals surface area contributed by atoms with Crippen molar-refractivity contribution in [3.8, 4) is 5.75 Å². The Kier molecular flexibility index (Phi) is 10.0. The van der Waals surface area contributed by atoms with Gasteiger partial charge in [-0.05, 0) is 36.5 Å². The van der Waals surface area contributed by atoms with Crippen LogP contribution in [0.4, 0.5) is 8.78 Å². The van der Waals surface area contributed by atoms with E-state index >= 15 is 0 Å². The molecule has 1 saturated heterocycles. The molecule has 25 heavy (non-hydrogen) atoms. The average Bonchev–Trinajstić information content (AvgIpc) is 2.57. The highest BCUT2D eigenvalue weighted by Gasteiger charge is 2.31.